The molecule has 1 amide bonds. The van der Waals surface area contributed by atoms with E-state index in [1.807, 2.05) is 19.2 Å². The SMILES string of the molecule is COCC(C)N(C)c1ccc2c(c1)NC(=O)C2O. The predicted octanol–water partition coefficient (Wildman–Crippen LogP) is 1.14. The molecule has 5 heteroatoms. The number of hydrogen-bond donors (Lipinski definition) is 2. The van der Waals surface area contributed by atoms with Crippen LogP contribution in [0.15, 0.2) is 18.2 Å². The Labute approximate surface area is 106 Å². The number of aliphatic hydroxyl groups excluding tert-OH is 1. The molecule has 5 nitrogen and oxygen atoms in total. The van der Waals surface area contributed by atoms with Gasteiger partial charge in [0, 0.05) is 37.1 Å². The van der Waals surface area contributed by atoms with Crippen LogP contribution in [0.1, 0.15) is 18.6 Å². The van der Waals surface area contributed by atoms with Crippen LogP contribution < -0.4 is 10.2 Å². The smallest absolute Gasteiger partial charge is 0.257 e. The lowest BCUT2D eigenvalue weighted by Crippen LogP contribution is -2.32. The number of likely N-dealkylation sites (N-methyl/N-ethyl adjacent to an activating group) is 1. The van der Waals surface area contributed by atoms with Gasteiger partial charge in [0.1, 0.15) is 0 Å². The normalized spacial score (nSPS) is 19.3. The fourth-order valence-corrected chi connectivity index (χ4v) is 2.06. The average molecular weight is 250 g/mol. The molecule has 18 heavy (non-hydrogen) atoms. The zero-order valence-corrected chi connectivity index (χ0v) is 10.8. The minimum absolute atomic E-state index is 0.232. The molecule has 0 saturated carbocycles. The highest BCUT2D eigenvalue weighted by atomic mass is 16.5. The van der Waals surface area contributed by atoms with Crippen molar-refractivity contribution in [3.8, 4) is 0 Å². The summed E-state index contributed by atoms with van der Waals surface area (Å²) in [4.78, 5) is 13.4. The third-order valence-corrected chi connectivity index (χ3v) is 3.31. The average Bonchev–Trinajstić information content (AvgIpc) is 2.64. The number of anilines is 2. The number of amides is 1. The van der Waals surface area contributed by atoms with E-state index < -0.39 is 6.10 Å². The molecular formula is C13H18N2O3. The number of rotatable bonds is 4. The Morgan fingerprint density at radius 2 is 2.28 bits per heavy atom. The van der Waals surface area contributed by atoms with E-state index in [0.29, 0.717) is 17.9 Å². The van der Waals surface area contributed by atoms with Gasteiger partial charge in [0.05, 0.1) is 6.61 Å². The van der Waals surface area contributed by atoms with E-state index in [9.17, 15) is 9.90 Å². The summed E-state index contributed by atoms with van der Waals surface area (Å²) in [5.41, 5.74) is 2.30. The molecule has 0 aromatic heterocycles. The van der Waals surface area contributed by atoms with Gasteiger partial charge in [0.2, 0.25) is 0 Å². The molecule has 0 saturated heterocycles. The Balaban J connectivity index is 2.23. The van der Waals surface area contributed by atoms with Gasteiger partial charge in [0.15, 0.2) is 6.10 Å². The van der Waals surface area contributed by atoms with Crippen LogP contribution in [0.4, 0.5) is 11.4 Å². The predicted molar refractivity (Wildman–Crippen MR) is 69.8 cm³/mol. The van der Waals surface area contributed by atoms with Crippen molar-refractivity contribution in [1.29, 1.82) is 0 Å². The first-order valence-corrected chi connectivity index (χ1v) is 5.89. The maximum absolute atomic E-state index is 11.4. The zero-order valence-electron chi connectivity index (χ0n) is 10.8. The van der Waals surface area contributed by atoms with E-state index in [1.54, 1.807) is 13.2 Å². The van der Waals surface area contributed by atoms with Crippen LogP contribution >= 0.6 is 0 Å². The maximum atomic E-state index is 11.4. The summed E-state index contributed by atoms with van der Waals surface area (Å²) >= 11 is 0. The monoisotopic (exact) mass is 250 g/mol. The summed E-state index contributed by atoms with van der Waals surface area (Å²) in [6.45, 7) is 2.69. The quantitative estimate of drug-likeness (QED) is 0.841. The zero-order chi connectivity index (χ0) is 13.3. The van der Waals surface area contributed by atoms with Gasteiger partial charge in [-0.2, -0.15) is 0 Å². The maximum Gasteiger partial charge on any atom is 0.257 e. The molecule has 0 spiro atoms. The van der Waals surface area contributed by atoms with Crippen LogP contribution in [-0.2, 0) is 9.53 Å². The molecule has 1 aliphatic rings. The Bertz CT molecular complexity index is 462. The van der Waals surface area contributed by atoms with Gasteiger partial charge in [0.25, 0.3) is 5.91 Å². The lowest BCUT2D eigenvalue weighted by molar-refractivity contribution is -0.123. The molecule has 98 valence electrons. The second kappa shape index (κ2) is 4.96. The number of fused-ring (bicyclic) bond motifs is 1. The number of carbonyl (C=O) groups is 1. The first-order valence-electron chi connectivity index (χ1n) is 5.89. The number of benzene rings is 1. The van der Waals surface area contributed by atoms with Crippen LogP contribution in [-0.4, -0.2) is 37.8 Å². The molecule has 0 fully saturated rings. The number of aliphatic hydroxyl groups is 1. The van der Waals surface area contributed by atoms with Gasteiger partial charge in [-0.25, -0.2) is 0 Å². The molecule has 1 aliphatic heterocycles. The molecule has 2 atom stereocenters. The summed E-state index contributed by atoms with van der Waals surface area (Å²) in [6.07, 6.45) is -1.05. The first-order chi connectivity index (χ1) is 8.54. The molecule has 2 unspecified atom stereocenters. The fourth-order valence-electron chi connectivity index (χ4n) is 2.06. The van der Waals surface area contributed by atoms with Crippen molar-refractivity contribution in [2.24, 2.45) is 0 Å². The Morgan fingerprint density at radius 1 is 1.56 bits per heavy atom. The molecule has 0 bridgehead atoms. The number of nitrogens with one attached hydrogen (secondary N) is 1. The van der Waals surface area contributed by atoms with Crippen LogP contribution in [0.5, 0.6) is 0 Å². The van der Waals surface area contributed by atoms with Crippen molar-refractivity contribution in [3.05, 3.63) is 23.8 Å². The number of ether oxygens (including phenoxy) is 1. The second-order valence-corrected chi connectivity index (χ2v) is 4.58. The third-order valence-electron chi connectivity index (χ3n) is 3.31. The Hall–Kier alpha value is -1.59. The van der Waals surface area contributed by atoms with Gasteiger partial charge in [-0.3, -0.25) is 4.79 Å². The van der Waals surface area contributed by atoms with Crippen LogP contribution in [0.25, 0.3) is 0 Å². The molecule has 2 N–H and O–H groups in total. The van der Waals surface area contributed by atoms with Gasteiger partial charge in [-0.15, -0.1) is 0 Å². The Kier molecular flexibility index (Phi) is 3.54. The molecule has 0 aliphatic carbocycles. The molecule has 1 heterocycles. The third kappa shape index (κ3) is 2.19. The highest BCUT2D eigenvalue weighted by Crippen LogP contribution is 2.33. The summed E-state index contributed by atoms with van der Waals surface area (Å²) in [6, 6.07) is 5.78. The van der Waals surface area contributed by atoms with Gasteiger partial charge >= 0.3 is 0 Å². The number of methoxy groups -OCH3 is 1. The van der Waals surface area contributed by atoms with Crippen molar-refractivity contribution in [2.45, 2.75) is 19.1 Å². The topological polar surface area (TPSA) is 61.8 Å². The van der Waals surface area contributed by atoms with Crippen molar-refractivity contribution >= 4 is 17.3 Å². The summed E-state index contributed by atoms with van der Waals surface area (Å²) in [5, 5.41) is 12.3. The van der Waals surface area contributed by atoms with E-state index in [0.717, 1.165) is 5.69 Å². The first kappa shape index (κ1) is 12.9. The summed E-state index contributed by atoms with van der Waals surface area (Å²) in [5.74, 6) is -0.366. The fraction of sp³-hybridized carbons (Fsp3) is 0.462. The van der Waals surface area contributed by atoms with Crippen LogP contribution in [0.2, 0.25) is 0 Å². The second-order valence-electron chi connectivity index (χ2n) is 4.58. The highest BCUT2D eigenvalue weighted by Gasteiger charge is 2.28. The molecule has 1 aromatic carbocycles. The largest absolute Gasteiger partial charge is 0.383 e. The van der Waals surface area contributed by atoms with Crippen LogP contribution in [0.3, 0.4) is 0 Å². The van der Waals surface area contributed by atoms with Crippen molar-refractivity contribution in [2.75, 3.05) is 31.0 Å². The lowest BCUT2D eigenvalue weighted by Gasteiger charge is -2.26. The highest BCUT2D eigenvalue weighted by molar-refractivity contribution is 6.02. The molecule has 2 rings (SSSR count). The van der Waals surface area contributed by atoms with Gasteiger partial charge in [-0.05, 0) is 19.1 Å². The molecule has 1 aromatic rings. The number of carbonyl (C=O) groups excluding carboxylic acids is 1. The van der Waals surface area contributed by atoms with Crippen molar-refractivity contribution < 1.29 is 14.6 Å². The summed E-state index contributed by atoms with van der Waals surface area (Å²) in [7, 11) is 3.64. The lowest BCUT2D eigenvalue weighted by atomic mass is 10.1. The van der Waals surface area contributed by atoms with Crippen molar-refractivity contribution in [1.82, 2.24) is 0 Å². The minimum atomic E-state index is -1.05. The Morgan fingerprint density at radius 3 is 2.94 bits per heavy atom. The molecule has 0 radical (unpaired) electrons. The van der Waals surface area contributed by atoms with Gasteiger partial charge in [-0.1, -0.05) is 6.07 Å². The number of nitrogens with zero attached hydrogens (tertiary/aromatic N) is 1. The van der Waals surface area contributed by atoms with E-state index in [-0.39, 0.29) is 11.9 Å². The van der Waals surface area contributed by atoms with Crippen molar-refractivity contribution in [3.63, 3.8) is 0 Å². The van der Waals surface area contributed by atoms with E-state index in [2.05, 4.69) is 17.1 Å². The minimum Gasteiger partial charge on any atom is -0.383 e. The van der Waals surface area contributed by atoms with Gasteiger partial charge < -0.3 is 20.1 Å². The van der Waals surface area contributed by atoms with Crippen LogP contribution in [0, 0.1) is 0 Å². The van der Waals surface area contributed by atoms with E-state index in [1.165, 1.54) is 0 Å². The molecular weight excluding hydrogens is 232 g/mol. The number of hydrogen-bond acceptors (Lipinski definition) is 4. The van der Waals surface area contributed by atoms with E-state index >= 15 is 0 Å². The standard InChI is InChI=1S/C13H18N2O3/c1-8(7-18-3)15(2)9-4-5-10-11(6-9)14-13(17)12(10)16/h4-6,8,12,16H,7H2,1-3H3,(H,14,17). The summed E-state index contributed by atoms with van der Waals surface area (Å²) < 4.78 is 5.12. The van der Waals surface area contributed by atoms with E-state index in [4.69, 9.17) is 4.74 Å².